The largest absolute Gasteiger partial charge is 0.388 e. The van der Waals surface area contributed by atoms with Gasteiger partial charge in [0.2, 0.25) is 0 Å². The zero-order valence-corrected chi connectivity index (χ0v) is 12.1. The van der Waals surface area contributed by atoms with E-state index in [9.17, 15) is 5.11 Å². The van der Waals surface area contributed by atoms with E-state index in [0.29, 0.717) is 0 Å². The lowest BCUT2D eigenvalue weighted by molar-refractivity contribution is 0.172. The van der Waals surface area contributed by atoms with Gasteiger partial charge in [0.25, 0.3) is 0 Å². The molecule has 102 valence electrons. The summed E-state index contributed by atoms with van der Waals surface area (Å²) in [5, 5.41) is 9.89. The van der Waals surface area contributed by atoms with Crippen LogP contribution in [-0.2, 0) is 0 Å². The molecular formula is C15H26N2O. The molecule has 0 saturated heterocycles. The van der Waals surface area contributed by atoms with Gasteiger partial charge in [-0.25, -0.2) is 4.98 Å². The highest BCUT2D eigenvalue weighted by atomic mass is 16.3. The third kappa shape index (κ3) is 3.70. The minimum atomic E-state index is -0.391. The lowest BCUT2D eigenvalue weighted by Gasteiger charge is -2.24. The molecule has 3 nitrogen and oxygen atoms in total. The summed E-state index contributed by atoms with van der Waals surface area (Å²) < 4.78 is 0. The topological polar surface area (TPSA) is 36.4 Å². The first kappa shape index (κ1) is 15.0. The molecule has 0 saturated carbocycles. The molecule has 1 aromatic heterocycles. The fourth-order valence-electron chi connectivity index (χ4n) is 2.17. The van der Waals surface area contributed by atoms with Crippen molar-refractivity contribution in [2.45, 2.75) is 53.1 Å². The molecule has 0 amide bonds. The number of pyridine rings is 1. The van der Waals surface area contributed by atoms with Crippen LogP contribution in [-0.4, -0.2) is 23.2 Å². The van der Waals surface area contributed by atoms with Crippen molar-refractivity contribution >= 4 is 5.82 Å². The van der Waals surface area contributed by atoms with Gasteiger partial charge in [-0.3, -0.25) is 0 Å². The molecule has 0 aliphatic rings. The van der Waals surface area contributed by atoms with Crippen molar-refractivity contribution in [3.8, 4) is 0 Å². The van der Waals surface area contributed by atoms with Gasteiger partial charge in [-0.05, 0) is 37.8 Å². The van der Waals surface area contributed by atoms with Crippen molar-refractivity contribution in [2.75, 3.05) is 18.0 Å². The number of aliphatic hydroxyl groups is 1. The van der Waals surface area contributed by atoms with Crippen molar-refractivity contribution in [1.29, 1.82) is 0 Å². The van der Waals surface area contributed by atoms with Crippen molar-refractivity contribution in [1.82, 2.24) is 4.98 Å². The lowest BCUT2D eigenvalue weighted by atomic mass is 10.0. The highest BCUT2D eigenvalue weighted by molar-refractivity contribution is 5.43. The summed E-state index contributed by atoms with van der Waals surface area (Å²) in [6.45, 7) is 10.5. The number of aryl methyl sites for hydroxylation is 1. The molecule has 0 aliphatic heterocycles. The molecular weight excluding hydrogens is 224 g/mol. The average molecular weight is 250 g/mol. The summed E-state index contributed by atoms with van der Waals surface area (Å²) in [5.74, 6) is 1.03. The van der Waals surface area contributed by atoms with Crippen molar-refractivity contribution in [3.05, 3.63) is 23.4 Å². The second-order valence-electron chi connectivity index (χ2n) is 4.81. The monoisotopic (exact) mass is 250 g/mol. The molecule has 0 unspecified atom stereocenters. The molecule has 0 spiro atoms. The Labute approximate surface area is 111 Å². The number of aliphatic hydroxyl groups excluding tert-OH is 1. The summed E-state index contributed by atoms with van der Waals surface area (Å²) in [4.78, 5) is 6.83. The number of rotatable bonds is 7. The first-order valence-corrected chi connectivity index (χ1v) is 7.03. The zero-order chi connectivity index (χ0) is 13.5. The normalized spacial score (nSPS) is 12.5. The van der Waals surface area contributed by atoms with Crippen LogP contribution in [0.5, 0.6) is 0 Å². The van der Waals surface area contributed by atoms with E-state index in [1.54, 1.807) is 0 Å². The standard InChI is InChI=1S/C15H26N2O/c1-5-8-17(9-6-2)15-10-12(4)13(11-16-15)14(18)7-3/h10-11,14,18H,5-9H2,1-4H3/t14-/m1/s1. The summed E-state index contributed by atoms with van der Waals surface area (Å²) in [6.07, 6.45) is 4.42. The first-order chi connectivity index (χ1) is 8.63. The Morgan fingerprint density at radius 2 is 1.83 bits per heavy atom. The molecule has 0 bridgehead atoms. The van der Waals surface area contributed by atoms with Crippen molar-refractivity contribution in [2.24, 2.45) is 0 Å². The van der Waals surface area contributed by atoms with Crippen LogP contribution in [0.4, 0.5) is 5.82 Å². The molecule has 3 heteroatoms. The third-order valence-electron chi connectivity index (χ3n) is 3.19. The zero-order valence-electron chi connectivity index (χ0n) is 12.1. The maximum atomic E-state index is 9.89. The molecule has 0 aliphatic carbocycles. The van der Waals surface area contributed by atoms with Gasteiger partial charge >= 0.3 is 0 Å². The van der Waals surface area contributed by atoms with Crippen LogP contribution < -0.4 is 4.90 Å². The predicted octanol–water partition coefficient (Wildman–Crippen LogP) is 3.46. The number of aromatic nitrogens is 1. The number of hydrogen-bond acceptors (Lipinski definition) is 3. The maximum Gasteiger partial charge on any atom is 0.128 e. The van der Waals surface area contributed by atoms with Crippen LogP contribution in [0.1, 0.15) is 57.3 Å². The Bertz CT molecular complexity index is 360. The molecule has 1 rings (SSSR count). The van der Waals surface area contributed by atoms with E-state index in [1.807, 2.05) is 13.1 Å². The Hall–Kier alpha value is -1.09. The van der Waals surface area contributed by atoms with Crippen LogP contribution in [0.25, 0.3) is 0 Å². The van der Waals surface area contributed by atoms with Gasteiger partial charge in [-0.1, -0.05) is 20.8 Å². The van der Waals surface area contributed by atoms with Crippen molar-refractivity contribution < 1.29 is 5.11 Å². The second kappa shape index (κ2) is 7.37. The van der Waals surface area contributed by atoms with E-state index in [2.05, 4.69) is 36.7 Å². The number of nitrogens with zero attached hydrogens (tertiary/aromatic N) is 2. The summed E-state index contributed by atoms with van der Waals surface area (Å²) >= 11 is 0. The van der Waals surface area contributed by atoms with E-state index < -0.39 is 6.10 Å². The van der Waals surface area contributed by atoms with Crippen LogP contribution in [0.3, 0.4) is 0 Å². The maximum absolute atomic E-state index is 9.89. The Morgan fingerprint density at radius 3 is 2.28 bits per heavy atom. The third-order valence-corrected chi connectivity index (χ3v) is 3.19. The molecule has 1 aromatic rings. The van der Waals surface area contributed by atoms with E-state index >= 15 is 0 Å². The van der Waals surface area contributed by atoms with E-state index in [-0.39, 0.29) is 0 Å². The van der Waals surface area contributed by atoms with Crippen molar-refractivity contribution in [3.63, 3.8) is 0 Å². The summed E-state index contributed by atoms with van der Waals surface area (Å²) in [6, 6.07) is 2.10. The van der Waals surface area contributed by atoms with Crippen LogP contribution in [0, 0.1) is 6.92 Å². The van der Waals surface area contributed by atoms with Gasteiger partial charge in [0.05, 0.1) is 6.10 Å². The second-order valence-corrected chi connectivity index (χ2v) is 4.81. The molecule has 1 heterocycles. The number of anilines is 1. The van der Waals surface area contributed by atoms with E-state index in [1.165, 1.54) is 0 Å². The fraction of sp³-hybridized carbons (Fsp3) is 0.667. The first-order valence-electron chi connectivity index (χ1n) is 7.03. The van der Waals surface area contributed by atoms with Crippen LogP contribution in [0.2, 0.25) is 0 Å². The predicted molar refractivity (Wildman–Crippen MR) is 77.0 cm³/mol. The molecule has 1 atom stereocenters. The molecule has 0 fully saturated rings. The van der Waals surface area contributed by atoms with Gasteiger partial charge in [-0.15, -0.1) is 0 Å². The highest BCUT2D eigenvalue weighted by Gasteiger charge is 2.12. The smallest absolute Gasteiger partial charge is 0.128 e. The van der Waals surface area contributed by atoms with Gasteiger partial charge in [0.1, 0.15) is 5.82 Å². The molecule has 18 heavy (non-hydrogen) atoms. The lowest BCUT2D eigenvalue weighted by Crippen LogP contribution is -2.26. The SMILES string of the molecule is CCCN(CCC)c1cc(C)c([C@H](O)CC)cn1. The fourth-order valence-corrected chi connectivity index (χ4v) is 2.17. The number of hydrogen-bond donors (Lipinski definition) is 1. The van der Waals surface area contributed by atoms with E-state index in [4.69, 9.17) is 0 Å². The van der Waals surface area contributed by atoms with Crippen LogP contribution in [0.15, 0.2) is 12.3 Å². The van der Waals surface area contributed by atoms with Gasteiger partial charge in [-0.2, -0.15) is 0 Å². The molecule has 1 N–H and O–H groups in total. The average Bonchev–Trinajstić information content (AvgIpc) is 2.37. The van der Waals surface area contributed by atoms with Gasteiger partial charge in [0, 0.05) is 24.8 Å². The molecule has 0 radical (unpaired) electrons. The Morgan fingerprint density at radius 1 is 1.22 bits per heavy atom. The van der Waals surface area contributed by atoms with Gasteiger partial charge < -0.3 is 10.0 Å². The molecule has 0 aromatic carbocycles. The minimum Gasteiger partial charge on any atom is -0.388 e. The van der Waals surface area contributed by atoms with Gasteiger partial charge in [0.15, 0.2) is 0 Å². The Kier molecular flexibility index (Phi) is 6.13. The highest BCUT2D eigenvalue weighted by Crippen LogP contribution is 2.23. The quantitative estimate of drug-likeness (QED) is 0.805. The summed E-state index contributed by atoms with van der Waals surface area (Å²) in [7, 11) is 0. The Balaban J connectivity index is 2.93. The van der Waals surface area contributed by atoms with Crippen LogP contribution >= 0.6 is 0 Å². The van der Waals surface area contributed by atoms with E-state index in [0.717, 1.165) is 49.3 Å². The minimum absolute atomic E-state index is 0.391. The summed E-state index contributed by atoms with van der Waals surface area (Å²) in [5.41, 5.74) is 2.08.